The maximum Gasteiger partial charge on any atom is 0.231 e. The fourth-order valence-corrected chi connectivity index (χ4v) is 4.85. The summed E-state index contributed by atoms with van der Waals surface area (Å²) in [6.07, 6.45) is 1.95. The minimum atomic E-state index is 0.0241. The molecule has 4 heterocycles. The Kier molecular flexibility index (Phi) is 5.26. The van der Waals surface area contributed by atoms with Crippen molar-refractivity contribution in [3.05, 3.63) is 53.7 Å². The summed E-state index contributed by atoms with van der Waals surface area (Å²) in [5.74, 6) is 1.17. The Balaban J connectivity index is 1.24. The van der Waals surface area contributed by atoms with Crippen LogP contribution in [0, 0.1) is 19.8 Å². The van der Waals surface area contributed by atoms with Gasteiger partial charge in [0, 0.05) is 50.6 Å². The highest BCUT2D eigenvalue weighted by atomic mass is 16.2. The predicted octanol–water partition coefficient (Wildman–Crippen LogP) is 2.91. The lowest BCUT2D eigenvalue weighted by molar-refractivity contribution is -0.136. The van der Waals surface area contributed by atoms with Gasteiger partial charge in [0.05, 0.1) is 5.92 Å². The van der Waals surface area contributed by atoms with Crippen LogP contribution in [0.25, 0.3) is 5.65 Å². The van der Waals surface area contributed by atoms with E-state index in [9.17, 15) is 4.79 Å². The average molecular weight is 419 g/mol. The van der Waals surface area contributed by atoms with Crippen molar-refractivity contribution < 1.29 is 4.79 Å². The highest BCUT2D eigenvalue weighted by Crippen LogP contribution is 2.26. The van der Waals surface area contributed by atoms with E-state index < -0.39 is 0 Å². The van der Waals surface area contributed by atoms with Gasteiger partial charge in [-0.2, -0.15) is 0 Å². The Bertz CT molecular complexity index is 1070. The first-order chi connectivity index (χ1) is 15.1. The maximum absolute atomic E-state index is 13.3. The first-order valence-corrected chi connectivity index (χ1v) is 11.3. The molecular formula is C24H30N6O. The van der Waals surface area contributed by atoms with Gasteiger partial charge in [0.15, 0.2) is 5.65 Å². The van der Waals surface area contributed by atoms with Gasteiger partial charge in [0.25, 0.3) is 0 Å². The Labute approximate surface area is 183 Å². The number of nitrogens with zero attached hydrogens (tertiary/aromatic N) is 6. The summed E-state index contributed by atoms with van der Waals surface area (Å²) in [4.78, 5) is 20.0. The van der Waals surface area contributed by atoms with Crippen LogP contribution in [0.5, 0.6) is 0 Å². The number of pyridine rings is 1. The summed E-state index contributed by atoms with van der Waals surface area (Å²) >= 11 is 0. The van der Waals surface area contributed by atoms with Crippen molar-refractivity contribution in [2.45, 2.75) is 26.7 Å². The molecule has 1 amide bonds. The van der Waals surface area contributed by atoms with Crippen LogP contribution in [-0.4, -0.2) is 64.7 Å². The number of piperazine rings is 1. The van der Waals surface area contributed by atoms with E-state index in [-0.39, 0.29) is 5.92 Å². The molecule has 0 spiro atoms. The van der Waals surface area contributed by atoms with Crippen molar-refractivity contribution in [1.82, 2.24) is 19.5 Å². The quantitative estimate of drug-likeness (QED) is 0.655. The number of carbonyl (C=O) groups is 1. The number of carbonyl (C=O) groups excluding carboxylic acids is 1. The van der Waals surface area contributed by atoms with Crippen molar-refractivity contribution in [3.8, 4) is 0 Å². The number of rotatable bonds is 3. The van der Waals surface area contributed by atoms with E-state index in [2.05, 4.69) is 73.5 Å². The molecule has 0 aliphatic carbocycles. The second-order valence-corrected chi connectivity index (χ2v) is 8.79. The van der Waals surface area contributed by atoms with E-state index in [4.69, 9.17) is 0 Å². The predicted molar refractivity (Wildman–Crippen MR) is 123 cm³/mol. The summed E-state index contributed by atoms with van der Waals surface area (Å²) in [7, 11) is 0. The van der Waals surface area contributed by atoms with Crippen LogP contribution < -0.4 is 9.80 Å². The zero-order valence-corrected chi connectivity index (χ0v) is 18.4. The van der Waals surface area contributed by atoms with Gasteiger partial charge in [-0.1, -0.05) is 23.8 Å². The van der Waals surface area contributed by atoms with Crippen LogP contribution >= 0.6 is 0 Å². The fraction of sp³-hybridized carbons (Fsp3) is 0.458. The third-order valence-electron chi connectivity index (χ3n) is 6.65. The molecule has 7 heteroatoms. The van der Waals surface area contributed by atoms with Crippen molar-refractivity contribution >= 4 is 23.2 Å². The van der Waals surface area contributed by atoms with Gasteiger partial charge in [0.2, 0.25) is 11.9 Å². The molecular weight excluding hydrogens is 388 g/mol. The van der Waals surface area contributed by atoms with Crippen LogP contribution in [0.15, 0.2) is 42.5 Å². The molecule has 2 aliphatic rings. The van der Waals surface area contributed by atoms with Crippen molar-refractivity contribution in [2.75, 3.05) is 49.1 Å². The second-order valence-electron chi connectivity index (χ2n) is 8.79. The number of amides is 1. The van der Waals surface area contributed by atoms with Gasteiger partial charge in [-0.25, -0.2) is 0 Å². The zero-order valence-electron chi connectivity index (χ0n) is 18.4. The van der Waals surface area contributed by atoms with E-state index in [0.29, 0.717) is 12.5 Å². The Morgan fingerprint density at radius 2 is 1.68 bits per heavy atom. The van der Waals surface area contributed by atoms with E-state index >= 15 is 0 Å². The highest BCUT2D eigenvalue weighted by molar-refractivity contribution is 5.80. The lowest BCUT2D eigenvalue weighted by atomic mass is 9.96. The molecule has 7 nitrogen and oxygen atoms in total. The monoisotopic (exact) mass is 418 g/mol. The number of hydrogen-bond donors (Lipinski definition) is 0. The van der Waals surface area contributed by atoms with E-state index in [0.717, 1.165) is 62.9 Å². The summed E-state index contributed by atoms with van der Waals surface area (Å²) in [6.45, 7) is 9.16. The largest absolute Gasteiger partial charge is 0.368 e. The molecule has 3 aromatic rings. The fourth-order valence-electron chi connectivity index (χ4n) is 4.85. The third kappa shape index (κ3) is 3.84. The topological polar surface area (TPSA) is 57.0 Å². The van der Waals surface area contributed by atoms with Crippen LogP contribution in [0.3, 0.4) is 0 Å². The standard InChI is InChI=1S/C24H30N6O/c1-18-8-10-21(11-9-18)27-13-15-28(16-14-27)23(31)20-6-4-12-29(17-20)24-26-25-22-7-3-5-19(2)30(22)24/h3,5,7-11,20H,4,6,12-17H2,1-2H3. The molecule has 1 unspecified atom stereocenters. The molecule has 5 rings (SSSR count). The molecule has 2 saturated heterocycles. The Morgan fingerprint density at radius 1 is 0.903 bits per heavy atom. The van der Waals surface area contributed by atoms with Crippen LogP contribution in [0.2, 0.25) is 0 Å². The third-order valence-corrected chi connectivity index (χ3v) is 6.65. The lowest BCUT2D eigenvalue weighted by Gasteiger charge is -2.39. The lowest BCUT2D eigenvalue weighted by Crippen LogP contribution is -2.52. The molecule has 0 radical (unpaired) electrons. The second kappa shape index (κ2) is 8.21. The summed E-state index contributed by atoms with van der Waals surface area (Å²) < 4.78 is 2.09. The van der Waals surface area contributed by atoms with E-state index in [1.54, 1.807) is 0 Å². The molecule has 162 valence electrons. The number of anilines is 2. The average Bonchev–Trinajstić information content (AvgIpc) is 3.25. The minimum absolute atomic E-state index is 0.0241. The van der Waals surface area contributed by atoms with Crippen LogP contribution in [-0.2, 0) is 4.79 Å². The highest BCUT2D eigenvalue weighted by Gasteiger charge is 2.32. The molecule has 2 fully saturated rings. The first-order valence-electron chi connectivity index (χ1n) is 11.3. The van der Waals surface area contributed by atoms with Gasteiger partial charge >= 0.3 is 0 Å². The van der Waals surface area contributed by atoms with Gasteiger partial charge in [0.1, 0.15) is 0 Å². The normalized spacial score (nSPS) is 19.8. The molecule has 2 aromatic heterocycles. The molecule has 1 atom stereocenters. The number of piperidine rings is 1. The van der Waals surface area contributed by atoms with Gasteiger partial charge < -0.3 is 14.7 Å². The van der Waals surface area contributed by atoms with Gasteiger partial charge in [-0.3, -0.25) is 9.20 Å². The van der Waals surface area contributed by atoms with E-state index in [1.165, 1.54) is 11.3 Å². The molecule has 2 aliphatic heterocycles. The zero-order chi connectivity index (χ0) is 21.4. The maximum atomic E-state index is 13.3. The molecule has 0 bridgehead atoms. The number of hydrogen-bond acceptors (Lipinski definition) is 5. The van der Waals surface area contributed by atoms with E-state index in [1.807, 2.05) is 12.1 Å². The number of benzene rings is 1. The molecule has 0 saturated carbocycles. The number of aryl methyl sites for hydroxylation is 2. The minimum Gasteiger partial charge on any atom is -0.368 e. The summed E-state index contributed by atoms with van der Waals surface area (Å²) in [5.41, 5.74) is 4.49. The van der Waals surface area contributed by atoms with Crippen LogP contribution in [0.1, 0.15) is 24.1 Å². The first kappa shape index (κ1) is 19.8. The van der Waals surface area contributed by atoms with Crippen LogP contribution in [0.4, 0.5) is 11.6 Å². The van der Waals surface area contributed by atoms with Crippen molar-refractivity contribution in [1.29, 1.82) is 0 Å². The molecule has 0 N–H and O–H groups in total. The number of aromatic nitrogens is 3. The number of fused-ring (bicyclic) bond motifs is 1. The Hall–Kier alpha value is -3.09. The van der Waals surface area contributed by atoms with Crippen molar-refractivity contribution in [3.63, 3.8) is 0 Å². The smallest absolute Gasteiger partial charge is 0.231 e. The van der Waals surface area contributed by atoms with Gasteiger partial charge in [-0.05, 0) is 51.0 Å². The SMILES string of the molecule is Cc1ccc(N2CCN(C(=O)C3CCCN(c4nnc5cccc(C)n45)C3)CC2)cc1. The Morgan fingerprint density at radius 3 is 2.45 bits per heavy atom. The molecule has 31 heavy (non-hydrogen) atoms. The van der Waals surface area contributed by atoms with Crippen molar-refractivity contribution in [2.24, 2.45) is 5.92 Å². The summed E-state index contributed by atoms with van der Waals surface area (Å²) in [5, 5.41) is 8.77. The molecule has 1 aromatic carbocycles. The summed E-state index contributed by atoms with van der Waals surface area (Å²) in [6, 6.07) is 14.7. The van der Waals surface area contributed by atoms with Gasteiger partial charge in [-0.15, -0.1) is 10.2 Å².